The summed E-state index contributed by atoms with van der Waals surface area (Å²) in [5.41, 5.74) is 0.586. The smallest absolute Gasteiger partial charge is 0.339 e. The van der Waals surface area contributed by atoms with Crippen molar-refractivity contribution in [2.75, 3.05) is 13.2 Å². The molecule has 35 heavy (non-hydrogen) atoms. The maximum atomic E-state index is 12.4. The zero-order chi connectivity index (χ0) is 24.7. The molecule has 0 saturated heterocycles. The first-order valence-corrected chi connectivity index (χ1v) is 13.1. The minimum absolute atomic E-state index is 0. The van der Waals surface area contributed by atoms with Crippen LogP contribution in [0.25, 0.3) is 0 Å². The molecule has 4 nitrogen and oxygen atoms in total. The number of hydrogen-bond donors (Lipinski definition) is 0. The Kier molecular flexibility index (Phi) is 22.4. The molecule has 0 aromatic heterocycles. The summed E-state index contributed by atoms with van der Waals surface area (Å²) in [5, 5.41) is 0. The predicted molar refractivity (Wildman–Crippen MR) is 140 cm³/mol. The van der Waals surface area contributed by atoms with Crippen molar-refractivity contribution in [3.8, 4) is 0 Å². The molecule has 0 N–H and O–H groups in total. The maximum absolute atomic E-state index is 12.4. The summed E-state index contributed by atoms with van der Waals surface area (Å²) in [6.07, 6.45) is 13.6. The molecule has 0 atom stereocenters. The summed E-state index contributed by atoms with van der Waals surface area (Å²) in [6, 6.07) is 18.7. The van der Waals surface area contributed by atoms with Crippen molar-refractivity contribution >= 4 is 11.9 Å². The molecule has 0 unspecified atom stereocenters. The minimum Gasteiger partial charge on any atom is -0.462 e. The van der Waals surface area contributed by atoms with Crippen molar-refractivity contribution in [2.45, 2.75) is 90.9 Å². The Morgan fingerprint density at radius 2 is 0.829 bits per heavy atom. The number of carbonyl (C=O) groups is 2. The molecule has 0 spiro atoms. The van der Waals surface area contributed by atoms with E-state index in [1.165, 1.54) is 51.4 Å². The van der Waals surface area contributed by atoms with Crippen LogP contribution in [-0.2, 0) is 29.9 Å². The Morgan fingerprint density at radius 3 is 1.17 bits per heavy atom. The van der Waals surface area contributed by atoms with Crippen molar-refractivity contribution in [1.29, 1.82) is 0 Å². The summed E-state index contributed by atoms with van der Waals surface area (Å²) in [5.74, 6) is -0.888. The van der Waals surface area contributed by atoms with E-state index >= 15 is 0 Å². The van der Waals surface area contributed by atoms with E-state index in [0.717, 1.165) is 25.7 Å². The van der Waals surface area contributed by atoms with Gasteiger partial charge in [-0.3, -0.25) is 0 Å². The Hall–Kier alpha value is -1.96. The number of unbranched alkanes of at least 4 members (excludes halogenated alkanes) is 10. The van der Waals surface area contributed by atoms with Crippen molar-refractivity contribution in [1.82, 2.24) is 0 Å². The molecule has 5 heteroatoms. The summed E-state index contributed by atoms with van der Waals surface area (Å²) in [4.78, 5) is 24.7. The Labute approximate surface area is 226 Å². The molecule has 0 aliphatic heterocycles. The molecule has 2 aromatic carbocycles. The summed E-state index contributed by atoms with van der Waals surface area (Å²) in [6.45, 7) is 5.17. The Bertz CT molecular complexity index is 688. The topological polar surface area (TPSA) is 52.6 Å². The first-order valence-electron chi connectivity index (χ1n) is 13.1. The van der Waals surface area contributed by atoms with Crippen LogP contribution in [0, 0.1) is 0 Å². The summed E-state index contributed by atoms with van der Waals surface area (Å²) in [7, 11) is 0. The molecule has 0 aliphatic rings. The average molecular weight is 575 g/mol. The molecule has 2 aromatic rings. The fourth-order valence-corrected chi connectivity index (χ4v) is 3.47. The second-order valence-corrected chi connectivity index (χ2v) is 8.51. The van der Waals surface area contributed by atoms with Gasteiger partial charge in [0.1, 0.15) is 0 Å². The number of rotatable bonds is 16. The van der Waals surface area contributed by atoms with Gasteiger partial charge in [-0.05, 0) is 25.0 Å². The number of esters is 2. The van der Waals surface area contributed by atoms with Crippen LogP contribution >= 0.6 is 0 Å². The zero-order valence-electron chi connectivity index (χ0n) is 21.6. The first kappa shape index (κ1) is 33.0. The van der Waals surface area contributed by atoms with E-state index in [2.05, 4.69) is 13.8 Å². The van der Waals surface area contributed by atoms with Crippen LogP contribution in [0.2, 0.25) is 0 Å². The van der Waals surface area contributed by atoms with E-state index in [9.17, 15) is 9.59 Å². The van der Waals surface area contributed by atoms with E-state index in [1.54, 1.807) is 24.3 Å². The molecule has 0 heterocycles. The number of ether oxygens (including phenoxy) is 2. The third kappa shape index (κ3) is 17.2. The molecule has 0 radical (unpaired) electrons. The van der Waals surface area contributed by atoms with E-state index in [0.29, 0.717) is 24.3 Å². The third-order valence-electron chi connectivity index (χ3n) is 5.50. The largest absolute Gasteiger partial charge is 0.462 e. The van der Waals surface area contributed by atoms with Gasteiger partial charge in [0.2, 0.25) is 0 Å². The zero-order valence-corrected chi connectivity index (χ0v) is 23.2. The fraction of sp³-hybridized carbons (Fsp3) is 0.533. The van der Waals surface area contributed by atoms with E-state index in [1.807, 2.05) is 36.4 Å². The van der Waals surface area contributed by atoms with Gasteiger partial charge in [0.25, 0.3) is 0 Å². The molecule has 0 saturated carbocycles. The molecular formula is C30H44O4Pd. The van der Waals surface area contributed by atoms with Gasteiger partial charge in [-0.1, -0.05) is 127 Å². The molecule has 0 amide bonds. The van der Waals surface area contributed by atoms with Gasteiger partial charge in [0.05, 0.1) is 24.3 Å². The van der Waals surface area contributed by atoms with Crippen LogP contribution in [-0.4, -0.2) is 25.2 Å². The number of hydrogen-bond acceptors (Lipinski definition) is 4. The molecule has 0 fully saturated rings. The van der Waals surface area contributed by atoms with Crippen molar-refractivity contribution in [3.05, 3.63) is 71.8 Å². The second-order valence-electron chi connectivity index (χ2n) is 8.51. The van der Waals surface area contributed by atoms with Gasteiger partial charge in [0, 0.05) is 20.4 Å². The van der Waals surface area contributed by atoms with Gasteiger partial charge in [-0.2, -0.15) is 0 Å². The molecular weight excluding hydrogens is 531 g/mol. The minimum atomic E-state index is -0.444. The number of benzene rings is 2. The third-order valence-corrected chi connectivity index (χ3v) is 5.50. The molecule has 0 bridgehead atoms. The SMILES string of the molecule is CCCCCCCCOC(=O)c1ccccc1C(=O)OCCCCCCCC.[Pd].c1ccccc1. The van der Waals surface area contributed by atoms with Crippen LogP contribution in [0.1, 0.15) is 112 Å². The molecule has 2 rings (SSSR count). The number of carbonyl (C=O) groups excluding carboxylic acids is 2. The first-order chi connectivity index (χ1) is 16.7. The van der Waals surface area contributed by atoms with Crippen LogP contribution in [0.4, 0.5) is 0 Å². The summed E-state index contributed by atoms with van der Waals surface area (Å²) >= 11 is 0. The van der Waals surface area contributed by atoms with Crippen molar-refractivity contribution in [2.24, 2.45) is 0 Å². The van der Waals surface area contributed by atoms with Gasteiger partial charge >= 0.3 is 11.9 Å². The van der Waals surface area contributed by atoms with Crippen molar-refractivity contribution in [3.63, 3.8) is 0 Å². The van der Waals surface area contributed by atoms with Gasteiger partial charge in [-0.15, -0.1) is 0 Å². The quantitative estimate of drug-likeness (QED) is 0.115. The standard InChI is InChI=1S/C24H38O4.C6H6.Pd/c1-3-5-7-9-11-15-19-27-23(25)21-17-13-14-18-22(21)24(26)28-20-16-12-10-8-6-4-2;1-2-4-6-5-3-1;/h13-14,17-18H,3-12,15-16,19-20H2,1-2H3;1-6H;. The van der Waals surface area contributed by atoms with Crippen molar-refractivity contribution < 1.29 is 39.5 Å². The van der Waals surface area contributed by atoms with Gasteiger partial charge in [0.15, 0.2) is 0 Å². The second kappa shape index (κ2) is 23.8. The van der Waals surface area contributed by atoms with Crippen LogP contribution in [0.5, 0.6) is 0 Å². The molecule has 0 aliphatic carbocycles. The van der Waals surface area contributed by atoms with Crippen LogP contribution in [0.3, 0.4) is 0 Å². The van der Waals surface area contributed by atoms with Gasteiger partial charge in [-0.25, -0.2) is 9.59 Å². The predicted octanol–water partition coefficient (Wildman–Crippen LogP) is 8.41. The van der Waals surface area contributed by atoms with Gasteiger partial charge < -0.3 is 9.47 Å². The van der Waals surface area contributed by atoms with Crippen LogP contribution < -0.4 is 0 Å². The van der Waals surface area contributed by atoms with E-state index in [4.69, 9.17) is 9.47 Å². The van der Waals surface area contributed by atoms with Crippen LogP contribution in [0.15, 0.2) is 60.7 Å². The van der Waals surface area contributed by atoms with E-state index < -0.39 is 11.9 Å². The normalized spacial score (nSPS) is 9.89. The Morgan fingerprint density at radius 1 is 0.514 bits per heavy atom. The average Bonchev–Trinajstić information content (AvgIpc) is 2.88. The maximum Gasteiger partial charge on any atom is 0.339 e. The Balaban J connectivity index is 0.00000143. The fourth-order valence-electron chi connectivity index (χ4n) is 3.47. The molecule has 198 valence electrons. The summed E-state index contributed by atoms with van der Waals surface area (Å²) < 4.78 is 10.7. The van der Waals surface area contributed by atoms with E-state index in [-0.39, 0.29) is 20.4 Å². The monoisotopic (exact) mass is 574 g/mol.